The van der Waals surface area contributed by atoms with Crippen LogP contribution in [0, 0.1) is 0 Å². The van der Waals surface area contributed by atoms with Crippen molar-refractivity contribution in [1.82, 2.24) is 15.1 Å². The predicted octanol–water partition coefficient (Wildman–Crippen LogP) is 0.936. The number of nitrogens with one attached hydrogen (secondary N) is 2. The summed E-state index contributed by atoms with van der Waals surface area (Å²) >= 11 is 0. The van der Waals surface area contributed by atoms with Crippen LogP contribution < -0.4 is 15.4 Å². The number of fused-ring (bicyclic) bond motifs is 1. The number of piperazine rings is 1. The Morgan fingerprint density at radius 1 is 1.38 bits per heavy atom. The molecule has 2 saturated heterocycles. The van der Waals surface area contributed by atoms with E-state index in [0.29, 0.717) is 37.6 Å². The summed E-state index contributed by atoms with van der Waals surface area (Å²) in [4.78, 5) is 27.4. The van der Waals surface area contributed by atoms with Gasteiger partial charge in [0.05, 0.1) is 18.8 Å². The molecule has 7 nitrogen and oxygen atoms in total. The van der Waals surface area contributed by atoms with Crippen LogP contribution in [-0.2, 0) is 0 Å². The third-order valence-electron chi connectivity index (χ3n) is 3.87. The van der Waals surface area contributed by atoms with E-state index < -0.39 is 0 Å². The van der Waals surface area contributed by atoms with Crippen LogP contribution in [0.4, 0.5) is 15.3 Å². The summed E-state index contributed by atoms with van der Waals surface area (Å²) in [5, 5.41) is 5.66. The fraction of sp³-hybridized carbons (Fsp3) is 0.429. The third kappa shape index (κ3) is 2.58. The summed E-state index contributed by atoms with van der Waals surface area (Å²) in [5.41, 5.74) is 0.646. The van der Waals surface area contributed by atoms with E-state index in [1.54, 1.807) is 29.0 Å². The Morgan fingerprint density at radius 2 is 2.19 bits per heavy atom. The minimum atomic E-state index is -0.168. The molecule has 0 spiro atoms. The number of hydrogen-bond donors (Lipinski definition) is 2. The number of ether oxygens (including phenoxy) is 1. The number of urea groups is 2. The van der Waals surface area contributed by atoms with Crippen molar-refractivity contribution >= 4 is 17.7 Å². The molecule has 0 aromatic heterocycles. The number of rotatable bonds is 2. The molecule has 2 aliphatic heterocycles. The molecule has 1 aromatic carbocycles. The molecule has 1 unspecified atom stereocenters. The lowest BCUT2D eigenvalue weighted by molar-refractivity contribution is 0.136. The largest absolute Gasteiger partial charge is 0.495 e. The number of carbonyl (C=O) groups is 2. The van der Waals surface area contributed by atoms with Crippen molar-refractivity contribution in [2.45, 2.75) is 6.04 Å². The summed E-state index contributed by atoms with van der Waals surface area (Å²) in [6.07, 6.45) is 0. The highest BCUT2D eigenvalue weighted by Crippen LogP contribution is 2.24. The van der Waals surface area contributed by atoms with Crippen LogP contribution in [0.1, 0.15) is 0 Å². The highest BCUT2D eigenvalue weighted by Gasteiger charge is 2.36. The van der Waals surface area contributed by atoms with Gasteiger partial charge in [0.15, 0.2) is 0 Å². The summed E-state index contributed by atoms with van der Waals surface area (Å²) in [6.45, 7) is 2.23. The lowest BCUT2D eigenvalue weighted by Crippen LogP contribution is -2.54. The normalized spacial score (nSPS) is 20.8. The Hall–Kier alpha value is -2.44. The van der Waals surface area contributed by atoms with E-state index in [4.69, 9.17) is 4.74 Å². The van der Waals surface area contributed by atoms with Gasteiger partial charge in [0.1, 0.15) is 5.75 Å². The van der Waals surface area contributed by atoms with Gasteiger partial charge in [0, 0.05) is 26.2 Å². The van der Waals surface area contributed by atoms with Crippen molar-refractivity contribution in [3.8, 4) is 5.75 Å². The van der Waals surface area contributed by atoms with Crippen LogP contribution in [0.25, 0.3) is 0 Å². The first-order valence-electron chi connectivity index (χ1n) is 6.92. The molecule has 2 fully saturated rings. The maximum atomic E-state index is 12.3. The average Bonchev–Trinajstić information content (AvgIpc) is 2.88. The van der Waals surface area contributed by atoms with Crippen LogP contribution in [0.3, 0.4) is 0 Å². The Labute approximate surface area is 122 Å². The first-order chi connectivity index (χ1) is 10.2. The molecule has 0 aliphatic carbocycles. The van der Waals surface area contributed by atoms with E-state index in [9.17, 15) is 9.59 Å². The summed E-state index contributed by atoms with van der Waals surface area (Å²) in [6, 6.07) is 7.15. The number of benzene rings is 1. The first-order valence-corrected chi connectivity index (χ1v) is 6.92. The minimum Gasteiger partial charge on any atom is -0.495 e. The molecule has 3 rings (SSSR count). The highest BCUT2D eigenvalue weighted by atomic mass is 16.5. The van der Waals surface area contributed by atoms with Crippen LogP contribution in [-0.4, -0.2) is 61.2 Å². The van der Waals surface area contributed by atoms with E-state index in [1.807, 2.05) is 12.1 Å². The molecule has 2 N–H and O–H groups in total. The van der Waals surface area contributed by atoms with Gasteiger partial charge in [-0.3, -0.25) is 0 Å². The van der Waals surface area contributed by atoms with Crippen molar-refractivity contribution < 1.29 is 14.3 Å². The monoisotopic (exact) mass is 290 g/mol. The van der Waals surface area contributed by atoms with Gasteiger partial charge >= 0.3 is 12.1 Å². The van der Waals surface area contributed by atoms with Gasteiger partial charge in [0.2, 0.25) is 0 Å². The van der Waals surface area contributed by atoms with Gasteiger partial charge in [-0.2, -0.15) is 0 Å². The maximum absolute atomic E-state index is 12.3. The van der Waals surface area contributed by atoms with Crippen molar-refractivity contribution in [2.75, 3.05) is 38.6 Å². The molecule has 0 radical (unpaired) electrons. The highest BCUT2D eigenvalue weighted by molar-refractivity contribution is 5.91. The lowest BCUT2D eigenvalue weighted by Gasteiger charge is -2.36. The second-order valence-corrected chi connectivity index (χ2v) is 5.11. The van der Waals surface area contributed by atoms with E-state index in [0.717, 1.165) is 0 Å². The molecular formula is C14H18N4O3. The molecule has 1 atom stereocenters. The first kappa shape index (κ1) is 13.5. The number of hydrogen-bond acceptors (Lipinski definition) is 3. The molecule has 2 heterocycles. The zero-order chi connectivity index (χ0) is 14.8. The van der Waals surface area contributed by atoms with Crippen LogP contribution in [0.2, 0.25) is 0 Å². The average molecular weight is 290 g/mol. The lowest BCUT2D eigenvalue weighted by atomic mass is 10.2. The quantitative estimate of drug-likeness (QED) is 0.851. The zero-order valence-corrected chi connectivity index (χ0v) is 11.8. The smallest absolute Gasteiger partial charge is 0.322 e. The van der Waals surface area contributed by atoms with Gasteiger partial charge in [-0.15, -0.1) is 0 Å². The molecule has 0 saturated carbocycles. The Bertz CT molecular complexity index is 563. The molecule has 21 heavy (non-hydrogen) atoms. The van der Waals surface area contributed by atoms with E-state index in [2.05, 4.69) is 10.6 Å². The van der Waals surface area contributed by atoms with Gasteiger partial charge in [0.25, 0.3) is 0 Å². The molecule has 0 bridgehead atoms. The second-order valence-electron chi connectivity index (χ2n) is 5.11. The number of carbonyl (C=O) groups excluding carboxylic acids is 2. The number of nitrogens with zero attached hydrogens (tertiary/aromatic N) is 2. The maximum Gasteiger partial charge on any atom is 0.322 e. The van der Waals surface area contributed by atoms with Crippen molar-refractivity contribution in [2.24, 2.45) is 0 Å². The van der Waals surface area contributed by atoms with Gasteiger partial charge in [-0.25, -0.2) is 9.59 Å². The molecule has 2 aliphatic rings. The Morgan fingerprint density at radius 3 is 3.00 bits per heavy atom. The van der Waals surface area contributed by atoms with Crippen LogP contribution in [0.15, 0.2) is 24.3 Å². The molecule has 112 valence electrons. The SMILES string of the molecule is COc1ccccc1NC(=O)N1CCN2C(=O)NCC2C1. The predicted molar refractivity (Wildman–Crippen MR) is 77.5 cm³/mol. The van der Waals surface area contributed by atoms with Gasteiger partial charge in [-0.05, 0) is 12.1 Å². The standard InChI is InChI=1S/C14H18N4O3/c1-21-12-5-3-2-4-11(12)16-14(20)17-6-7-18-10(9-17)8-15-13(18)19/h2-5,10H,6-9H2,1H3,(H,15,19)(H,16,20). The van der Waals surface area contributed by atoms with E-state index in [1.165, 1.54) is 0 Å². The fourth-order valence-electron chi connectivity index (χ4n) is 2.73. The van der Waals surface area contributed by atoms with Crippen LogP contribution in [0.5, 0.6) is 5.75 Å². The third-order valence-corrected chi connectivity index (χ3v) is 3.87. The van der Waals surface area contributed by atoms with Crippen LogP contribution >= 0.6 is 0 Å². The zero-order valence-electron chi connectivity index (χ0n) is 11.8. The number of anilines is 1. The van der Waals surface area contributed by atoms with Crippen molar-refractivity contribution in [3.63, 3.8) is 0 Å². The summed E-state index contributed by atoms with van der Waals surface area (Å²) in [7, 11) is 1.57. The minimum absolute atomic E-state index is 0.0372. The number of para-hydroxylation sites is 2. The Balaban J connectivity index is 1.65. The van der Waals surface area contributed by atoms with Gasteiger partial charge in [-0.1, -0.05) is 12.1 Å². The van der Waals surface area contributed by atoms with Crippen molar-refractivity contribution in [1.29, 1.82) is 0 Å². The number of methoxy groups -OCH3 is 1. The van der Waals surface area contributed by atoms with E-state index >= 15 is 0 Å². The fourth-order valence-corrected chi connectivity index (χ4v) is 2.73. The summed E-state index contributed by atoms with van der Waals surface area (Å²) in [5.74, 6) is 0.627. The Kier molecular flexibility index (Phi) is 3.55. The van der Waals surface area contributed by atoms with Crippen molar-refractivity contribution in [3.05, 3.63) is 24.3 Å². The number of amides is 4. The molecule has 4 amide bonds. The van der Waals surface area contributed by atoms with Gasteiger partial charge < -0.3 is 25.2 Å². The topological polar surface area (TPSA) is 73.9 Å². The molecule has 7 heteroatoms. The molecular weight excluding hydrogens is 272 g/mol. The molecule has 1 aromatic rings. The van der Waals surface area contributed by atoms with E-state index in [-0.39, 0.29) is 18.1 Å². The second kappa shape index (κ2) is 5.51. The summed E-state index contributed by atoms with van der Waals surface area (Å²) < 4.78 is 5.22.